The Labute approximate surface area is 339 Å². The van der Waals surface area contributed by atoms with Crippen molar-refractivity contribution in [2.45, 2.75) is 123 Å². The molecule has 0 bridgehead atoms. The molecule has 1 aliphatic heterocycles. The largest absolute Gasteiger partial charge is 0.456 e. The summed E-state index contributed by atoms with van der Waals surface area (Å²) >= 11 is 0. The third-order valence-electron chi connectivity index (χ3n) is 9.57. The van der Waals surface area contributed by atoms with Crippen LogP contribution in [0.4, 0.5) is 0 Å². The molecule has 1 aliphatic rings. The van der Waals surface area contributed by atoms with Crippen molar-refractivity contribution in [1.82, 2.24) is 21.1 Å². The van der Waals surface area contributed by atoms with Crippen LogP contribution in [0.15, 0.2) is 78.4 Å². The lowest BCUT2D eigenvalue weighted by Gasteiger charge is -2.36. The van der Waals surface area contributed by atoms with Gasteiger partial charge in [0.25, 0.3) is 5.91 Å². The molecule has 0 aromatic heterocycles. The Hall–Kier alpha value is -4.56. The van der Waals surface area contributed by atoms with Gasteiger partial charge in [0.2, 0.25) is 5.91 Å². The van der Waals surface area contributed by atoms with Crippen LogP contribution in [-0.2, 0) is 39.9 Å². The maximum Gasteiger partial charge on any atom is 0.325 e. The quantitative estimate of drug-likeness (QED) is 0.0491. The van der Waals surface area contributed by atoms with Crippen LogP contribution in [0, 0.1) is 17.8 Å². The molecule has 13 heteroatoms. The summed E-state index contributed by atoms with van der Waals surface area (Å²) in [5.41, 5.74) is 4.61. The fraction of sp³-hybridized carbons (Fsp3) is 0.545. The summed E-state index contributed by atoms with van der Waals surface area (Å²) in [7, 11) is 1.70. The lowest BCUT2D eigenvalue weighted by Crippen LogP contribution is -2.61. The Morgan fingerprint density at radius 3 is 2.28 bits per heavy atom. The number of likely N-dealkylation sites (N-methyl/N-ethyl adjacent to an activating group) is 1. The zero-order valence-corrected chi connectivity index (χ0v) is 34.9. The molecule has 8 atom stereocenters. The Bertz CT molecular complexity index is 1520. The maximum absolute atomic E-state index is 14.0. The van der Waals surface area contributed by atoms with Gasteiger partial charge in [-0.25, -0.2) is 5.43 Å². The van der Waals surface area contributed by atoms with Gasteiger partial charge in [0.05, 0.1) is 18.2 Å². The van der Waals surface area contributed by atoms with Crippen LogP contribution in [0.1, 0.15) is 86.1 Å². The molecule has 2 rings (SSSR count). The van der Waals surface area contributed by atoms with E-state index in [0.717, 1.165) is 24.6 Å². The number of nitrogens with zero attached hydrogens (tertiary/aromatic N) is 1. The second-order valence-corrected chi connectivity index (χ2v) is 14.6. The normalized spacial score (nSPS) is 18.5. The van der Waals surface area contributed by atoms with E-state index >= 15 is 0 Å². The highest BCUT2D eigenvalue weighted by Crippen LogP contribution is 2.21. The molecule has 1 aromatic rings. The lowest BCUT2D eigenvalue weighted by molar-refractivity contribution is -0.156. The number of amides is 2. The van der Waals surface area contributed by atoms with E-state index in [4.69, 9.17) is 9.53 Å². The van der Waals surface area contributed by atoms with Gasteiger partial charge in [0.1, 0.15) is 30.8 Å². The van der Waals surface area contributed by atoms with E-state index in [1.807, 2.05) is 51.1 Å². The molecule has 57 heavy (non-hydrogen) atoms. The van der Waals surface area contributed by atoms with E-state index < -0.39 is 54.2 Å². The number of allylic oxidation sites excluding steroid dienone is 5. The summed E-state index contributed by atoms with van der Waals surface area (Å²) < 4.78 is 5.99. The molecule has 0 aliphatic carbocycles. The highest BCUT2D eigenvalue weighted by Gasteiger charge is 2.35. The van der Waals surface area contributed by atoms with Gasteiger partial charge < -0.3 is 35.2 Å². The highest BCUT2D eigenvalue weighted by molar-refractivity contribution is 5.90. The second kappa shape index (κ2) is 27.9. The number of aliphatic hydroxyl groups is 2. The predicted octanol–water partition coefficient (Wildman–Crippen LogP) is 4.14. The third-order valence-corrected chi connectivity index (χ3v) is 9.57. The monoisotopic (exact) mass is 794 g/mol. The van der Waals surface area contributed by atoms with Crippen LogP contribution in [-0.4, -0.2) is 101 Å². The molecule has 0 radical (unpaired) electrons. The van der Waals surface area contributed by atoms with E-state index in [2.05, 4.69) is 16.1 Å². The number of benzene rings is 1. The molecule has 6 unspecified atom stereocenters. The zero-order valence-electron chi connectivity index (χ0n) is 34.9. The number of rotatable bonds is 22. The first kappa shape index (κ1) is 50.5. The van der Waals surface area contributed by atoms with Crippen LogP contribution in [0.5, 0.6) is 0 Å². The molecule has 0 saturated carbocycles. The Balaban J connectivity index is 0.00000524. The molecule has 316 valence electrons. The van der Waals surface area contributed by atoms with Crippen molar-refractivity contribution in [2.75, 3.05) is 13.6 Å². The molecule has 2 amide bonds. The Kier molecular flexibility index (Phi) is 24.7. The fourth-order valence-corrected chi connectivity index (χ4v) is 6.25. The summed E-state index contributed by atoms with van der Waals surface area (Å²) in [6.45, 7) is 12.5. The number of aliphatic hydroxyl groups excluding tert-OH is 2. The van der Waals surface area contributed by atoms with Crippen molar-refractivity contribution in [2.24, 2.45) is 17.8 Å². The number of esters is 1. The fourth-order valence-electron chi connectivity index (χ4n) is 6.25. The summed E-state index contributed by atoms with van der Waals surface area (Å²) in [5, 5.41) is 28.5. The first-order chi connectivity index (χ1) is 27.1. The van der Waals surface area contributed by atoms with E-state index in [9.17, 15) is 34.2 Å². The molecule has 5 N–H and O–H groups in total. The van der Waals surface area contributed by atoms with E-state index in [1.54, 1.807) is 51.3 Å². The minimum absolute atomic E-state index is 0.00834. The molecule has 1 fully saturated rings. The van der Waals surface area contributed by atoms with Crippen LogP contribution < -0.4 is 16.1 Å². The van der Waals surface area contributed by atoms with Crippen LogP contribution in [0.3, 0.4) is 0 Å². The van der Waals surface area contributed by atoms with Gasteiger partial charge in [-0.2, -0.15) is 0 Å². The molecule has 1 heterocycles. The summed E-state index contributed by atoms with van der Waals surface area (Å²) in [5.74, 6) is -2.46. The molecule has 1 aromatic carbocycles. The molecular formula is C44H66N4O9. The molecule has 1 saturated heterocycles. The van der Waals surface area contributed by atoms with Gasteiger partial charge in [0, 0.05) is 31.2 Å². The highest BCUT2D eigenvalue weighted by atomic mass is 16.5. The van der Waals surface area contributed by atoms with Crippen LogP contribution in [0.2, 0.25) is 0 Å². The number of aldehydes is 2. The number of ether oxygens (including phenoxy) is 1. The van der Waals surface area contributed by atoms with E-state index in [0.29, 0.717) is 31.4 Å². The second-order valence-electron chi connectivity index (χ2n) is 14.6. The van der Waals surface area contributed by atoms with Gasteiger partial charge in [-0.1, -0.05) is 101 Å². The first-order valence-electron chi connectivity index (χ1n) is 19.8. The standard InChI is InChI=1S/C42H62N4O8.C2H4O/c1-8-17-33(27-47)39(50)31(6)36(49)23-13-10-14-24-37(29(4)18-15-19-30(5)48)54-42(53)34-22-16-25-46(45-34)41(52)35(26-32-20-11-9-12-21-32)44-40(51)38(43-7)28(2)3;1-2-3/h9-15,18-21,23,27-28,31,33-39,43,45,49-50H,8,16-17,22,24-26H2,1-7H3,(H,44,51);2H,1H3/b14-10+,19-15+,23-13+,29-18+;/t31?,33?,34?,35?,36-,37-,38?,39?;/m0./s1. The topological polar surface area (TPSA) is 191 Å². The zero-order chi connectivity index (χ0) is 42.9. The van der Waals surface area contributed by atoms with Crippen molar-refractivity contribution in [3.8, 4) is 0 Å². The smallest absolute Gasteiger partial charge is 0.325 e. The van der Waals surface area contributed by atoms with Crippen molar-refractivity contribution in [1.29, 1.82) is 0 Å². The van der Waals surface area contributed by atoms with Crippen LogP contribution >= 0.6 is 0 Å². The Morgan fingerprint density at radius 1 is 1.04 bits per heavy atom. The maximum atomic E-state index is 14.0. The number of hydrazine groups is 1. The average molecular weight is 795 g/mol. The molecular weight excluding hydrogens is 729 g/mol. The van der Waals surface area contributed by atoms with Gasteiger partial charge in [-0.3, -0.25) is 24.2 Å². The number of carbonyl (C=O) groups is 6. The number of nitrogens with one attached hydrogen (secondary N) is 3. The van der Waals surface area contributed by atoms with Gasteiger partial charge in [0.15, 0.2) is 5.78 Å². The summed E-state index contributed by atoms with van der Waals surface area (Å²) in [6.07, 6.45) is 12.9. The SMILES string of the molecule is CC=O.CCCC(C=O)C(O)C(C)[C@@H](O)/C=C/C=C/C[C@H](OC(=O)C1CCCN(C(=O)C(Cc2ccccc2)NC(=O)C(NC)C(C)C)N1)/C(C)=C/C=C/C(C)=O. The van der Waals surface area contributed by atoms with Crippen molar-refractivity contribution in [3.63, 3.8) is 0 Å². The van der Waals surface area contributed by atoms with Gasteiger partial charge in [-0.05, 0) is 70.2 Å². The number of ketones is 1. The Morgan fingerprint density at radius 2 is 1.70 bits per heavy atom. The number of carbonyl (C=O) groups excluding carboxylic acids is 6. The minimum atomic E-state index is -0.987. The molecule has 13 nitrogen and oxygen atoms in total. The van der Waals surface area contributed by atoms with Crippen molar-refractivity contribution >= 4 is 36.1 Å². The van der Waals surface area contributed by atoms with Crippen LogP contribution in [0.25, 0.3) is 0 Å². The minimum Gasteiger partial charge on any atom is -0.456 e. The molecule has 0 spiro atoms. The third kappa shape index (κ3) is 18.5. The number of hydrogen-bond donors (Lipinski definition) is 5. The van der Waals surface area contributed by atoms with Crippen molar-refractivity contribution in [3.05, 3.63) is 84.0 Å². The first-order valence-corrected chi connectivity index (χ1v) is 19.8. The summed E-state index contributed by atoms with van der Waals surface area (Å²) in [4.78, 5) is 72.5. The van der Waals surface area contributed by atoms with Crippen molar-refractivity contribution < 1.29 is 43.7 Å². The predicted molar refractivity (Wildman–Crippen MR) is 221 cm³/mol. The van der Waals surface area contributed by atoms with E-state index in [-0.39, 0.29) is 36.4 Å². The van der Waals surface area contributed by atoms with E-state index in [1.165, 1.54) is 31.0 Å². The van der Waals surface area contributed by atoms with Gasteiger partial charge in [-0.15, -0.1) is 0 Å². The van der Waals surface area contributed by atoms with Gasteiger partial charge >= 0.3 is 5.97 Å². The average Bonchev–Trinajstić information content (AvgIpc) is 3.18. The summed E-state index contributed by atoms with van der Waals surface area (Å²) in [6, 6.07) is 7.22. The lowest BCUT2D eigenvalue weighted by atomic mass is 9.86. The number of hydrogen-bond acceptors (Lipinski definition) is 11.